The first-order chi connectivity index (χ1) is 14.0. The van der Waals surface area contributed by atoms with Gasteiger partial charge in [0.2, 0.25) is 0 Å². The molecule has 0 atom stereocenters. The van der Waals surface area contributed by atoms with Crippen LogP contribution in [-0.4, -0.2) is 28.5 Å². The van der Waals surface area contributed by atoms with Crippen LogP contribution in [0.4, 0.5) is 10.2 Å². The average Bonchev–Trinajstić information content (AvgIpc) is 2.70. The van der Waals surface area contributed by atoms with Gasteiger partial charge in [-0.15, -0.1) is 0 Å². The summed E-state index contributed by atoms with van der Waals surface area (Å²) in [5, 5.41) is 10.4. The Balaban J connectivity index is 1.71. The Morgan fingerprint density at radius 2 is 2.14 bits per heavy atom. The molecule has 0 saturated carbocycles. The second kappa shape index (κ2) is 9.16. The zero-order valence-corrected chi connectivity index (χ0v) is 16.3. The maximum atomic E-state index is 13.9. The Hall–Kier alpha value is -3.46. The quantitative estimate of drug-likeness (QED) is 0.452. The Kier molecular flexibility index (Phi) is 6.40. The van der Waals surface area contributed by atoms with Gasteiger partial charge in [-0.1, -0.05) is 17.7 Å². The van der Waals surface area contributed by atoms with E-state index < -0.39 is 11.5 Å². The van der Waals surface area contributed by atoms with E-state index in [0.717, 1.165) is 0 Å². The van der Waals surface area contributed by atoms with Crippen LogP contribution in [-0.2, 0) is 6.61 Å². The van der Waals surface area contributed by atoms with E-state index in [1.54, 1.807) is 31.2 Å². The molecule has 0 radical (unpaired) electrons. The number of hydrogen-bond donors (Lipinski definition) is 2. The van der Waals surface area contributed by atoms with Gasteiger partial charge in [0.05, 0.1) is 18.3 Å². The minimum atomic E-state index is -0.577. The van der Waals surface area contributed by atoms with Crippen LogP contribution in [0.5, 0.6) is 11.5 Å². The van der Waals surface area contributed by atoms with Crippen LogP contribution in [0.1, 0.15) is 16.8 Å². The zero-order chi connectivity index (χ0) is 20.8. The maximum Gasteiger partial charge on any atom is 0.363 e. The van der Waals surface area contributed by atoms with Crippen molar-refractivity contribution in [2.45, 2.75) is 13.5 Å². The number of aryl methyl sites for hydroxylation is 1. The number of anilines is 1. The van der Waals surface area contributed by atoms with Gasteiger partial charge >= 0.3 is 5.69 Å². The largest absolute Gasteiger partial charge is 0.493 e. The van der Waals surface area contributed by atoms with Gasteiger partial charge in [0.15, 0.2) is 17.3 Å². The lowest BCUT2D eigenvalue weighted by Gasteiger charge is -2.12. The van der Waals surface area contributed by atoms with Gasteiger partial charge in [-0.05, 0) is 42.8 Å². The molecule has 10 heteroatoms. The van der Waals surface area contributed by atoms with Crippen molar-refractivity contribution in [3.8, 4) is 11.5 Å². The van der Waals surface area contributed by atoms with E-state index in [9.17, 15) is 9.18 Å². The number of benzene rings is 2. The number of nitrogens with one attached hydrogen (secondary N) is 2. The van der Waals surface area contributed by atoms with E-state index in [1.807, 2.05) is 0 Å². The molecule has 1 heterocycles. The van der Waals surface area contributed by atoms with E-state index in [0.29, 0.717) is 22.8 Å². The lowest BCUT2D eigenvalue weighted by Crippen LogP contribution is -2.15. The average molecular weight is 418 g/mol. The number of hydrogen-bond acceptors (Lipinski definition) is 7. The Labute approximate surface area is 170 Å². The number of rotatable bonds is 7. The third-order valence-corrected chi connectivity index (χ3v) is 4.23. The molecule has 0 aliphatic carbocycles. The molecule has 0 amide bonds. The first-order valence-electron chi connectivity index (χ1n) is 8.44. The number of ether oxygens (including phenoxy) is 2. The molecule has 0 saturated heterocycles. The van der Waals surface area contributed by atoms with Crippen LogP contribution in [0.15, 0.2) is 46.3 Å². The normalized spacial score (nSPS) is 10.9. The topological polar surface area (TPSA) is 101 Å². The predicted molar refractivity (Wildman–Crippen MR) is 107 cm³/mol. The monoisotopic (exact) mass is 417 g/mol. The summed E-state index contributed by atoms with van der Waals surface area (Å²) >= 11 is 6.02. The number of H-pyrrole nitrogens is 1. The molecule has 0 unspecified atom stereocenters. The summed E-state index contributed by atoms with van der Waals surface area (Å²) < 4.78 is 24.9. The second-order valence-electron chi connectivity index (χ2n) is 5.84. The van der Waals surface area contributed by atoms with Gasteiger partial charge in [0.25, 0.3) is 0 Å². The molecule has 0 aliphatic rings. The van der Waals surface area contributed by atoms with Crippen LogP contribution in [0, 0.1) is 12.7 Å². The van der Waals surface area contributed by atoms with Gasteiger partial charge in [0.1, 0.15) is 18.1 Å². The van der Waals surface area contributed by atoms with Gasteiger partial charge in [-0.2, -0.15) is 15.2 Å². The van der Waals surface area contributed by atoms with Crippen LogP contribution < -0.4 is 20.6 Å². The SMILES string of the molecule is COc1cc(C=NNc2nc(=O)[nH]nc2C)ccc1OCc1c(F)cccc1Cl. The number of hydrazone groups is 1. The van der Waals surface area contributed by atoms with Crippen molar-refractivity contribution in [2.24, 2.45) is 5.10 Å². The molecule has 0 spiro atoms. The molecular formula is C19H17ClFN5O3. The lowest BCUT2D eigenvalue weighted by molar-refractivity contribution is 0.280. The maximum absolute atomic E-state index is 13.9. The van der Waals surface area contributed by atoms with E-state index in [4.69, 9.17) is 21.1 Å². The second-order valence-corrected chi connectivity index (χ2v) is 6.25. The number of nitrogens with zero attached hydrogens (tertiary/aromatic N) is 3. The summed E-state index contributed by atoms with van der Waals surface area (Å²) in [4.78, 5) is 15.0. The van der Waals surface area contributed by atoms with Crippen LogP contribution in [0.2, 0.25) is 5.02 Å². The first-order valence-corrected chi connectivity index (χ1v) is 8.82. The van der Waals surface area contributed by atoms with Crippen molar-refractivity contribution in [3.05, 3.63) is 74.5 Å². The van der Waals surface area contributed by atoms with Crippen molar-refractivity contribution in [3.63, 3.8) is 0 Å². The van der Waals surface area contributed by atoms with E-state index >= 15 is 0 Å². The van der Waals surface area contributed by atoms with Crippen molar-refractivity contribution in [1.29, 1.82) is 0 Å². The summed E-state index contributed by atoms with van der Waals surface area (Å²) in [5.41, 5.74) is 3.54. The highest BCUT2D eigenvalue weighted by Crippen LogP contribution is 2.29. The minimum absolute atomic E-state index is 0.0443. The number of halogens is 2. The summed E-state index contributed by atoms with van der Waals surface area (Å²) in [6.07, 6.45) is 1.52. The highest BCUT2D eigenvalue weighted by molar-refractivity contribution is 6.31. The molecule has 8 nitrogen and oxygen atoms in total. The molecule has 3 rings (SSSR count). The highest BCUT2D eigenvalue weighted by atomic mass is 35.5. The Morgan fingerprint density at radius 3 is 2.90 bits per heavy atom. The number of aromatic amines is 1. The minimum Gasteiger partial charge on any atom is -0.493 e. The van der Waals surface area contributed by atoms with Gasteiger partial charge in [-0.3, -0.25) is 5.43 Å². The third kappa shape index (κ3) is 5.08. The lowest BCUT2D eigenvalue weighted by atomic mass is 10.2. The predicted octanol–water partition coefficient (Wildman–Crippen LogP) is 3.30. The molecule has 0 bridgehead atoms. The Morgan fingerprint density at radius 1 is 1.31 bits per heavy atom. The standard InChI is InChI=1S/C19H17ClFN5O3/c1-11-18(23-19(27)26-24-11)25-22-9-12-6-7-16(17(8-12)28-2)29-10-13-14(20)4-3-5-15(13)21/h3-9H,10H2,1-2H3,(H2,23,25,26,27). The fourth-order valence-corrected chi connectivity index (χ4v) is 2.59. The number of aromatic nitrogens is 3. The zero-order valence-electron chi connectivity index (χ0n) is 15.6. The van der Waals surface area contributed by atoms with Crippen molar-refractivity contribution < 1.29 is 13.9 Å². The molecular weight excluding hydrogens is 401 g/mol. The van der Waals surface area contributed by atoms with Crippen LogP contribution >= 0.6 is 11.6 Å². The molecule has 1 aromatic heterocycles. The molecule has 2 aromatic carbocycles. The van der Waals surface area contributed by atoms with Crippen molar-refractivity contribution in [2.75, 3.05) is 12.5 Å². The van der Waals surface area contributed by atoms with E-state index in [-0.39, 0.29) is 23.0 Å². The summed E-state index contributed by atoms with van der Waals surface area (Å²) in [7, 11) is 1.49. The molecule has 3 aromatic rings. The molecule has 0 aliphatic heterocycles. The fraction of sp³-hybridized carbons (Fsp3) is 0.158. The highest BCUT2D eigenvalue weighted by Gasteiger charge is 2.10. The third-order valence-electron chi connectivity index (χ3n) is 3.88. The Bertz CT molecular complexity index is 1080. The van der Waals surface area contributed by atoms with Crippen molar-refractivity contribution in [1.82, 2.24) is 15.2 Å². The van der Waals surface area contributed by atoms with E-state index in [2.05, 4.69) is 25.7 Å². The molecule has 2 N–H and O–H groups in total. The van der Waals surface area contributed by atoms with Gasteiger partial charge < -0.3 is 9.47 Å². The van der Waals surface area contributed by atoms with Gasteiger partial charge in [0, 0.05) is 5.56 Å². The number of methoxy groups -OCH3 is 1. The van der Waals surface area contributed by atoms with Crippen LogP contribution in [0.25, 0.3) is 0 Å². The molecule has 29 heavy (non-hydrogen) atoms. The van der Waals surface area contributed by atoms with Crippen LogP contribution in [0.3, 0.4) is 0 Å². The van der Waals surface area contributed by atoms with Crippen molar-refractivity contribution >= 4 is 23.6 Å². The fourth-order valence-electron chi connectivity index (χ4n) is 2.37. The molecule has 150 valence electrons. The first kappa shape index (κ1) is 20.3. The summed E-state index contributed by atoms with van der Waals surface area (Å²) in [5.74, 6) is 0.671. The summed E-state index contributed by atoms with van der Waals surface area (Å²) in [6.45, 7) is 1.63. The summed E-state index contributed by atoms with van der Waals surface area (Å²) in [6, 6.07) is 9.55. The van der Waals surface area contributed by atoms with Gasteiger partial charge in [-0.25, -0.2) is 14.3 Å². The molecule has 0 fully saturated rings. The smallest absolute Gasteiger partial charge is 0.363 e. The van der Waals surface area contributed by atoms with E-state index in [1.165, 1.54) is 25.5 Å².